The van der Waals surface area contributed by atoms with Crippen LogP contribution in [0, 0.1) is 0 Å². The van der Waals surface area contributed by atoms with Gasteiger partial charge in [0, 0.05) is 17.4 Å². The molecular weight excluding hydrogens is 362 g/mol. The van der Waals surface area contributed by atoms with Gasteiger partial charge in [-0.2, -0.15) is 0 Å². The summed E-state index contributed by atoms with van der Waals surface area (Å²) >= 11 is 7.26. The van der Waals surface area contributed by atoms with Crippen molar-refractivity contribution in [2.45, 2.75) is 37.1 Å². The molecule has 1 aromatic carbocycles. The van der Waals surface area contributed by atoms with Gasteiger partial charge in [0.2, 0.25) is 5.91 Å². The van der Waals surface area contributed by atoms with Crippen LogP contribution < -0.4 is 15.6 Å². The number of carbonyl (C=O) groups is 1. The molecule has 0 aliphatic rings. The molecule has 0 spiro atoms. The summed E-state index contributed by atoms with van der Waals surface area (Å²) < 4.78 is 5.08. The van der Waals surface area contributed by atoms with E-state index >= 15 is 0 Å². The Bertz CT molecular complexity index is 810. The first kappa shape index (κ1) is 19.3. The van der Waals surface area contributed by atoms with Crippen molar-refractivity contribution >= 4 is 35.0 Å². The quantitative estimate of drug-likeness (QED) is 0.566. The van der Waals surface area contributed by atoms with Gasteiger partial charge in [-0.15, -0.1) is 0 Å². The first-order chi connectivity index (χ1) is 11.9. The van der Waals surface area contributed by atoms with Crippen LogP contribution in [0.15, 0.2) is 34.2 Å². The lowest BCUT2D eigenvalue weighted by Crippen LogP contribution is -2.23. The number of rotatable bonds is 7. The van der Waals surface area contributed by atoms with E-state index < -0.39 is 5.25 Å². The number of benzene rings is 1. The van der Waals surface area contributed by atoms with E-state index in [1.807, 2.05) is 6.92 Å². The van der Waals surface area contributed by atoms with Gasteiger partial charge in [0.1, 0.15) is 5.75 Å². The number of aromatic nitrogens is 2. The van der Waals surface area contributed by atoms with Crippen LogP contribution in [-0.4, -0.2) is 28.2 Å². The summed E-state index contributed by atoms with van der Waals surface area (Å²) in [7, 11) is 1.53. The molecule has 2 aromatic rings. The van der Waals surface area contributed by atoms with E-state index in [9.17, 15) is 9.59 Å². The lowest BCUT2D eigenvalue weighted by atomic mass is 10.2. The lowest BCUT2D eigenvalue weighted by Gasteiger charge is -2.12. The van der Waals surface area contributed by atoms with Crippen LogP contribution in [0.4, 0.5) is 5.69 Å². The SMILES string of the molecule is CCCc1cc(=O)[nH]c(SC(C)C(=O)Nc2ccc(OC)c(Cl)c2)n1. The van der Waals surface area contributed by atoms with Crippen molar-refractivity contribution < 1.29 is 9.53 Å². The van der Waals surface area contributed by atoms with Crippen molar-refractivity contribution in [2.75, 3.05) is 12.4 Å². The van der Waals surface area contributed by atoms with Crippen molar-refractivity contribution in [1.82, 2.24) is 9.97 Å². The highest BCUT2D eigenvalue weighted by Gasteiger charge is 2.17. The number of amides is 1. The number of aryl methyl sites for hydroxylation is 1. The molecule has 134 valence electrons. The number of halogens is 1. The molecule has 1 unspecified atom stereocenters. The van der Waals surface area contributed by atoms with Gasteiger partial charge in [-0.05, 0) is 31.5 Å². The van der Waals surface area contributed by atoms with Gasteiger partial charge < -0.3 is 15.0 Å². The Morgan fingerprint density at radius 1 is 1.44 bits per heavy atom. The van der Waals surface area contributed by atoms with Gasteiger partial charge in [0.05, 0.1) is 17.4 Å². The molecule has 2 N–H and O–H groups in total. The summed E-state index contributed by atoms with van der Waals surface area (Å²) in [6.45, 7) is 3.77. The minimum atomic E-state index is -0.444. The van der Waals surface area contributed by atoms with E-state index in [1.165, 1.54) is 24.9 Å². The third kappa shape index (κ3) is 5.51. The lowest BCUT2D eigenvalue weighted by molar-refractivity contribution is -0.115. The Morgan fingerprint density at radius 3 is 2.84 bits per heavy atom. The number of H-pyrrole nitrogens is 1. The van der Waals surface area contributed by atoms with Gasteiger partial charge in [0.15, 0.2) is 5.16 Å². The number of nitrogens with zero attached hydrogens (tertiary/aromatic N) is 1. The maximum absolute atomic E-state index is 12.4. The fraction of sp³-hybridized carbons (Fsp3) is 0.353. The summed E-state index contributed by atoms with van der Waals surface area (Å²) in [4.78, 5) is 31.1. The molecule has 0 aliphatic carbocycles. The standard InChI is InChI=1S/C17H20ClN3O3S/c1-4-5-11-9-15(22)21-17(20-11)25-10(2)16(23)19-12-6-7-14(24-3)13(18)8-12/h6-10H,4-5H2,1-3H3,(H,19,23)(H,20,21,22). The molecule has 0 bridgehead atoms. The number of aromatic amines is 1. The van der Waals surface area contributed by atoms with Crippen molar-refractivity contribution in [2.24, 2.45) is 0 Å². The number of methoxy groups -OCH3 is 1. The van der Waals surface area contributed by atoms with E-state index in [0.29, 0.717) is 21.6 Å². The molecule has 1 atom stereocenters. The van der Waals surface area contributed by atoms with E-state index in [4.69, 9.17) is 16.3 Å². The normalized spacial score (nSPS) is 11.8. The molecule has 1 heterocycles. The van der Waals surface area contributed by atoms with Crippen LogP contribution in [0.3, 0.4) is 0 Å². The Labute approximate surface area is 155 Å². The fourth-order valence-electron chi connectivity index (χ4n) is 2.13. The highest BCUT2D eigenvalue weighted by atomic mass is 35.5. The Balaban J connectivity index is 2.05. The fourth-order valence-corrected chi connectivity index (χ4v) is 3.22. The first-order valence-electron chi connectivity index (χ1n) is 7.84. The smallest absolute Gasteiger partial charge is 0.251 e. The minimum Gasteiger partial charge on any atom is -0.495 e. The average Bonchev–Trinajstić information content (AvgIpc) is 2.54. The average molecular weight is 382 g/mol. The minimum absolute atomic E-state index is 0.213. The van der Waals surface area contributed by atoms with Crippen molar-refractivity contribution in [3.05, 3.63) is 45.3 Å². The third-order valence-corrected chi connectivity index (χ3v) is 4.64. The highest BCUT2D eigenvalue weighted by Crippen LogP contribution is 2.28. The molecule has 0 aliphatic heterocycles. The molecule has 1 aromatic heterocycles. The molecule has 1 amide bonds. The molecule has 0 fully saturated rings. The number of hydrogen-bond donors (Lipinski definition) is 2. The Kier molecular flexibility index (Phi) is 6.90. The summed E-state index contributed by atoms with van der Waals surface area (Å²) in [5.41, 5.74) is 1.09. The third-order valence-electron chi connectivity index (χ3n) is 3.36. The molecule has 2 rings (SSSR count). The van der Waals surface area contributed by atoms with Gasteiger partial charge >= 0.3 is 0 Å². The number of nitrogens with one attached hydrogen (secondary N) is 2. The molecule has 0 saturated carbocycles. The maximum Gasteiger partial charge on any atom is 0.251 e. The Morgan fingerprint density at radius 2 is 2.20 bits per heavy atom. The van der Waals surface area contributed by atoms with Gasteiger partial charge in [-0.1, -0.05) is 36.7 Å². The zero-order valence-electron chi connectivity index (χ0n) is 14.3. The molecule has 8 heteroatoms. The second kappa shape index (κ2) is 8.92. The van der Waals surface area contributed by atoms with Gasteiger partial charge in [-0.3, -0.25) is 9.59 Å². The zero-order chi connectivity index (χ0) is 18.4. The Hall–Kier alpha value is -1.99. The highest BCUT2D eigenvalue weighted by molar-refractivity contribution is 8.00. The van der Waals surface area contributed by atoms with Crippen molar-refractivity contribution in [3.63, 3.8) is 0 Å². The number of ether oxygens (including phenoxy) is 1. The van der Waals surface area contributed by atoms with Gasteiger partial charge in [0.25, 0.3) is 5.56 Å². The second-order valence-corrected chi connectivity index (χ2v) is 7.13. The summed E-state index contributed by atoms with van der Waals surface area (Å²) in [6, 6.07) is 6.50. The van der Waals surface area contributed by atoms with Crippen molar-refractivity contribution in [3.8, 4) is 5.75 Å². The van der Waals surface area contributed by atoms with Crippen LogP contribution in [0.1, 0.15) is 26.0 Å². The predicted octanol–water partition coefficient (Wildman–Crippen LogP) is 3.50. The molecule has 0 radical (unpaired) electrons. The summed E-state index contributed by atoms with van der Waals surface area (Å²) in [5, 5.41) is 3.20. The molecule has 0 saturated heterocycles. The van der Waals surface area contributed by atoms with Crippen LogP contribution >= 0.6 is 23.4 Å². The predicted molar refractivity (Wildman–Crippen MR) is 101 cm³/mol. The monoisotopic (exact) mass is 381 g/mol. The largest absolute Gasteiger partial charge is 0.495 e. The number of thioether (sulfide) groups is 1. The van der Waals surface area contributed by atoms with E-state index in [2.05, 4.69) is 15.3 Å². The first-order valence-corrected chi connectivity index (χ1v) is 9.10. The number of carbonyl (C=O) groups excluding carboxylic acids is 1. The summed E-state index contributed by atoms with van der Waals surface area (Å²) in [5.74, 6) is 0.325. The van der Waals surface area contributed by atoms with E-state index in [-0.39, 0.29) is 11.5 Å². The number of anilines is 1. The van der Waals surface area contributed by atoms with Crippen LogP contribution in [-0.2, 0) is 11.2 Å². The van der Waals surface area contributed by atoms with Gasteiger partial charge in [-0.25, -0.2) is 4.98 Å². The van der Waals surface area contributed by atoms with E-state index in [0.717, 1.165) is 18.5 Å². The van der Waals surface area contributed by atoms with Crippen LogP contribution in [0.5, 0.6) is 5.75 Å². The summed E-state index contributed by atoms with van der Waals surface area (Å²) in [6.07, 6.45) is 1.62. The molecule has 25 heavy (non-hydrogen) atoms. The number of hydrogen-bond acceptors (Lipinski definition) is 5. The molecular formula is C17H20ClN3O3S. The maximum atomic E-state index is 12.4. The second-order valence-electron chi connectivity index (χ2n) is 5.39. The van der Waals surface area contributed by atoms with Crippen molar-refractivity contribution in [1.29, 1.82) is 0 Å². The van der Waals surface area contributed by atoms with Crippen LogP contribution in [0.25, 0.3) is 0 Å². The molecule has 6 nitrogen and oxygen atoms in total. The van der Waals surface area contributed by atoms with Crippen LogP contribution in [0.2, 0.25) is 5.02 Å². The zero-order valence-corrected chi connectivity index (χ0v) is 15.8. The van der Waals surface area contributed by atoms with E-state index in [1.54, 1.807) is 25.1 Å². The topological polar surface area (TPSA) is 84.1 Å².